The molecule has 1 heterocycles. The lowest BCUT2D eigenvalue weighted by molar-refractivity contribution is 0.404. The first kappa shape index (κ1) is 14.4. The lowest BCUT2D eigenvalue weighted by atomic mass is 10.0. The van der Waals surface area contributed by atoms with Crippen molar-refractivity contribution in [2.75, 3.05) is 7.11 Å². The Hall–Kier alpha value is -0.700. The predicted molar refractivity (Wildman–Crippen MR) is 71.9 cm³/mol. The number of halogens is 1. The van der Waals surface area contributed by atoms with Crippen LogP contribution < -0.4 is 4.74 Å². The van der Waals surface area contributed by atoms with Gasteiger partial charge in [-0.15, -0.1) is 11.6 Å². The zero-order valence-electron chi connectivity index (χ0n) is 11.2. The molecule has 0 spiro atoms. The molecule has 4 heteroatoms. The van der Waals surface area contributed by atoms with Gasteiger partial charge >= 0.3 is 0 Å². The van der Waals surface area contributed by atoms with Gasteiger partial charge in [-0.05, 0) is 25.2 Å². The van der Waals surface area contributed by atoms with Gasteiger partial charge in [0, 0.05) is 11.9 Å². The van der Waals surface area contributed by atoms with Crippen molar-refractivity contribution >= 4 is 11.6 Å². The number of methoxy groups -OCH3 is 1. The Bertz CT molecular complexity index is 336. The van der Waals surface area contributed by atoms with Crippen molar-refractivity contribution in [1.29, 1.82) is 0 Å². The standard InChI is InChI=1S/C13H23ClN2O/c1-5-8-16-12(13(17-4)9-15-16)7-6-11(14)10(2)3/h9-11H,5-8H2,1-4H3. The van der Waals surface area contributed by atoms with Gasteiger partial charge in [0.05, 0.1) is 19.0 Å². The summed E-state index contributed by atoms with van der Waals surface area (Å²) >= 11 is 6.29. The summed E-state index contributed by atoms with van der Waals surface area (Å²) in [7, 11) is 1.69. The van der Waals surface area contributed by atoms with E-state index in [1.165, 1.54) is 5.69 Å². The summed E-state index contributed by atoms with van der Waals surface area (Å²) in [6.45, 7) is 7.39. The minimum atomic E-state index is 0.213. The Kier molecular flexibility index (Phi) is 5.83. The smallest absolute Gasteiger partial charge is 0.159 e. The van der Waals surface area contributed by atoms with Gasteiger partial charge in [-0.1, -0.05) is 20.8 Å². The molecular weight excluding hydrogens is 236 g/mol. The van der Waals surface area contributed by atoms with Crippen molar-refractivity contribution in [2.24, 2.45) is 5.92 Å². The van der Waals surface area contributed by atoms with Gasteiger partial charge in [0.2, 0.25) is 0 Å². The van der Waals surface area contributed by atoms with E-state index in [1.807, 2.05) is 4.68 Å². The van der Waals surface area contributed by atoms with Crippen molar-refractivity contribution in [3.8, 4) is 5.75 Å². The molecule has 0 aliphatic rings. The van der Waals surface area contributed by atoms with Crippen LogP contribution in [0.4, 0.5) is 0 Å². The lowest BCUT2D eigenvalue weighted by Crippen LogP contribution is -2.12. The van der Waals surface area contributed by atoms with Crippen LogP contribution in [0.2, 0.25) is 0 Å². The summed E-state index contributed by atoms with van der Waals surface area (Å²) in [5.41, 5.74) is 1.17. The molecule has 1 unspecified atom stereocenters. The van der Waals surface area contributed by atoms with Crippen molar-refractivity contribution in [3.05, 3.63) is 11.9 Å². The van der Waals surface area contributed by atoms with Gasteiger partial charge in [0.1, 0.15) is 0 Å². The fourth-order valence-electron chi connectivity index (χ4n) is 1.83. The molecule has 3 nitrogen and oxygen atoms in total. The van der Waals surface area contributed by atoms with Crippen LogP contribution in [0.1, 0.15) is 39.3 Å². The van der Waals surface area contributed by atoms with Crippen molar-refractivity contribution in [3.63, 3.8) is 0 Å². The van der Waals surface area contributed by atoms with Gasteiger partial charge < -0.3 is 4.74 Å². The van der Waals surface area contributed by atoms with Crippen LogP contribution in [0, 0.1) is 5.92 Å². The third-order valence-corrected chi connectivity index (χ3v) is 3.67. The summed E-state index contributed by atoms with van der Waals surface area (Å²) in [6, 6.07) is 0. The number of hydrogen-bond acceptors (Lipinski definition) is 2. The third kappa shape index (κ3) is 3.91. The molecule has 0 saturated carbocycles. The second kappa shape index (κ2) is 6.90. The molecule has 1 aromatic rings. The number of rotatable bonds is 7. The summed E-state index contributed by atoms with van der Waals surface area (Å²) in [5.74, 6) is 1.39. The molecule has 98 valence electrons. The Morgan fingerprint density at radius 1 is 1.47 bits per heavy atom. The fraction of sp³-hybridized carbons (Fsp3) is 0.769. The van der Waals surface area contributed by atoms with E-state index < -0.39 is 0 Å². The van der Waals surface area contributed by atoms with Gasteiger partial charge in [0.25, 0.3) is 0 Å². The molecule has 1 atom stereocenters. The first-order valence-corrected chi connectivity index (χ1v) is 6.76. The number of hydrogen-bond donors (Lipinski definition) is 0. The molecule has 1 aromatic heterocycles. The molecule has 0 bridgehead atoms. The number of aryl methyl sites for hydroxylation is 1. The minimum Gasteiger partial charge on any atom is -0.493 e. The maximum absolute atomic E-state index is 6.29. The van der Waals surface area contributed by atoms with Crippen LogP contribution in [-0.2, 0) is 13.0 Å². The quantitative estimate of drug-likeness (QED) is 0.700. The van der Waals surface area contributed by atoms with Crippen molar-refractivity contribution < 1.29 is 4.74 Å². The Labute approximate surface area is 109 Å². The van der Waals surface area contributed by atoms with Crippen LogP contribution in [-0.4, -0.2) is 22.3 Å². The molecule has 0 aliphatic heterocycles. The average molecular weight is 259 g/mol. The number of ether oxygens (including phenoxy) is 1. The molecule has 0 N–H and O–H groups in total. The van der Waals surface area contributed by atoms with Gasteiger partial charge in [0.15, 0.2) is 5.75 Å². The molecule has 17 heavy (non-hydrogen) atoms. The van der Waals surface area contributed by atoms with Crippen LogP contribution in [0.25, 0.3) is 0 Å². The molecular formula is C13H23ClN2O. The van der Waals surface area contributed by atoms with Crippen molar-refractivity contribution in [2.45, 2.75) is 52.0 Å². The second-order valence-corrected chi connectivity index (χ2v) is 5.24. The normalized spacial score (nSPS) is 13.1. The first-order chi connectivity index (χ1) is 8.10. The van der Waals surface area contributed by atoms with Gasteiger partial charge in [-0.2, -0.15) is 5.10 Å². The molecule has 0 radical (unpaired) electrons. The second-order valence-electron chi connectivity index (χ2n) is 4.68. The molecule has 0 aliphatic carbocycles. The van der Waals surface area contributed by atoms with Crippen LogP contribution in [0.5, 0.6) is 5.75 Å². The Balaban J connectivity index is 2.70. The summed E-state index contributed by atoms with van der Waals surface area (Å²) in [6.07, 6.45) is 4.76. The lowest BCUT2D eigenvalue weighted by Gasteiger charge is -2.14. The highest BCUT2D eigenvalue weighted by molar-refractivity contribution is 6.20. The highest BCUT2D eigenvalue weighted by Gasteiger charge is 2.15. The van der Waals surface area contributed by atoms with Crippen LogP contribution in [0.3, 0.4) is 0 Å². The molecule has 1 rings (SSSR count). The predicted octanol–water partition coefficient (Wildman–Crippen LogP) is 3.50. The fourth-order valence-corrected chi connectivity index (χ4v) is 1.94. The van der Waals surface area contributed by atoms with E-state index in [0.717, 1.165) is 31.6 Å². The average Bonchev–Trinajstić information content (AvgIpc) is 2.68. The van der Waals surface area contributed by atoms with E-state index in [1.54, 1.807) is 13.3 Å². The summed E-state index contributed by atoms with van der Waals surface area (Å²) in [4.78, 5) is 0. The highest BCUT2D eigenvalue weighted by Crippen LogP contribution is 2.23. The number of alkyl halides is 1. The maximum Gasteiger partial charge on any atom is 0.159 e. The Morgan fingerprint density at radius 3 is 2.71 bits per heavy atom. The SMILES string of the molecule is CCCn1ncc(OC)c1CCC(Cl)C(C)C. The zero-order valence-corrected chi connectivity index (χ0v) is 12.0. The minimum absolute atomic E-state index is 0.213. The van der Waals surface area contributed by atoms with Crippen molar-refractivity contribution in [1.82, 2.24) is 9.78 Å². The van der Waals surface area contributed by atoms with E-state index in [2.05, 4.69) is 25.9 Å². The number of nitrogens with zero attached hydrogens (tertiary/aromatic N) is 2. The zero-order chi connectivity index (χ0) is 12.8. The topological polar surface area (TPSA) is 27.1 Å². The van der Waals surface area contributed by atoms with E-state index in [0.29, 0.717) is 5.92 Å². The molecule has 0 amide bonds. The first-order valence-electron chi connectivity index (χ1n) is 6.32. The largest absolute Gasteiger partial charge is 0.493 e. The van der Waals surface area contributed by atoms with Crippen LogP contribution in [0.15, 0.2) is 6.20 Å². The molecule has 0 fully saturated rings. The highest BCUT2D eigenvalue weighted by atomic mass is 35.5. The van der Waals surface area contributed by atoms with Gasteiger partial charge in [-0.3, -0.25) is 4.68 Å². The summed E-state index contributed by atoms with van der Waals surface area (Å²) < 4.78 is 7.37. The van der Waals surface area contributed by atoms with E-state index >= 15 is 0 Å². The van der Waals surface area contributed by atoms with E-state index in [9.17, 15) is 0 Å². The number of aromatic nitrogens is 2. The van der Waals surface area contributed by atoms with E-state index in [4.69, 9.17) is 16.3 Å². The molecule has 0 saturated heterocycles. The van der Waals surface area contributed by atoms with Crippen LogP contribution >= 0.6 is 11.6 Å². The van der Waals surface area contributed by atoms with Gasteiger partial charge in [-0.25, -0.2) is 0 Å². The summed E-state index contributed by atoms with van der Waals surface area (Å²) in [5, 5.41) is 4.56. The third-order valence-electron chi connectivity index (χ3n) is 2.95. The molecule has 0 aromatic carbocycles. The maximum atomic E-state index is 6.29. The Morgan fingerprint density at radius 2 is 2.18 bits per heavy atom. The monoisotopic (exact) mass is 258 g/mol. The van der Waals surface area contributed by atoms with E-state index in [-0.39, 0.29) is 5.38 Å².